The molecule has 0 fully saturated rings. The maximum Gasteiger partial charge on any atom is 0.418 e. The molecular formula is C22H19F4N3O2. The van der Waals surface area contributed by atoms with E-state index in [2.05, 4.69) is 15.3 Å². The molecule has 2 aromatic heterocycles. The number of carbonyl (C=O) groups excluding carboxylic acids is 1. The van der Waals surface area contributed by atoms with Gasteiger partial charge in [-0.2, -0.15) is 17.6 Å². The Kier molecular flexibility index (Phi) is 6.24. The molecule has 9 heteroatoms. The van der Waals surface area contributed by atoms with Gasteiger partial charge in [-0.3, -0.25) is 4.79 Å². The van der Waals surface area contributed by atoms with Gasteiger partial charge in [0.25, 0.3) is 5.91 Å². The predicted molar refractivity (Wildman–Crippen MR) is 105 cm³/mol. The van der Waals surface area contributed by atoms with Crippen LogP contribution in [0.5, 0.6) is 11.6 Å². The molecule has 5 nitrogen and oxygen atoms in total. The first-order valence-corrected chi connectivity index (χ1v) is 9.28. The minimum absolute atomic E-state index is 0.0702. The summed E-state index contributed by atoms with van der Waals surface area (Å²) in [6, 6.07) is 9.64. The number of amides is 1. The smallest absolute Gasteiger partial charge is 0.418 e. The number of rotatable bonds is 5. The third-order valence-electron chi connectivity index (χ3n) is 4.58. The second-order valence-electron chi connectivity index (χ2n) is 6.97. The summed E-state index contributed by atoms with van der Waals surface area (Å²) in [5, 5.41) is 2.61. The number of carbonyl (C=O) groups is 1. The molecule has 3 aromatic rings. The van der Waals surface area contributed by atoms with Crippen molar-refractivity contribution in [3.63, 3.8) is 0 Å². The van der Waals surface area contributed by atoms with Crippen LogP contribution in [0.4, 0.5) is 17.6 Å². The largest absolute Gasteiger partial charge is 0.436 e. The van der Waals surface area contributed by atoms with E-state index in [-0.39, 0.29) is 35.0 Å². The summed E-state index contributed by atoms with van der Waals surface area (Å²) in [5.41, 5.74) is 0.192. The highest BCUT2D eigenvalue weighted by molar-refractivity contribution is 5.98. The molecule has 0 saturated carbocycles. The minimum atomic E-state index is -4.70. The van der Waals surface area contributed by atoms with Crippen LogP contribution >= 0.6 is 0 Å². The highest BCUT2D eigenvalue weighted by Crippen LogP contribution is 2.36. The molecule has 0 radical (unpaired) electrons. The molecule has 31 heavy (non-hydrogen) atoms. The molecule has 1 aromatic carbocycles. The zero-order valence-corrected chi connectivity index (χ0v) is 17.0. The van der Waals surface area contributed by atoms with Crippen molar-refractivity contribution in [2.24, 2.45) is 0 Å². The van der Waals surface area contributed by atoms with Gasteiger partial charge in [0.2, 0.25) is 11.8 Å². The zero-order chi connectivity index (χ0) is 22.8. The van der Waals surface area contributed by atoms with E-state index in [4.69, 9.17) is 4.74 Å². The topological polar surface area (TPSA) is 64.1 Å². The third kappa shape index (κ3) is 5.17. The van der Waals surface area contributed by atoms with Gasteiger partial charge >= 0.3 is 6.18 Å². The number of hydrogen-bond donors (Lipinski definition) is 1. The lowest BCUT2D eigenvalue weighted by Gasteiger charge is -2.17. The van der Waals surface area contributed by atoms with Crippen LogP contribution in [-0.2, 0) is 12.7 Å². The Balaban J connectivity index is 1.98. The molecule has 1 N–H and O–H groups in total. The number of pyridine rings is 2. The monoisotopic (exact) mass is 433 g/mol. The van der Waals surface area contributed by atoms with Crippen molar-refractivity contribution >= 4 is 5.91 Å². The molecule has 0 unspecified atom stereocenters. The Labute approximate surface area is 176 Å². The molecular weight excluding hydrogens is 414 g/mol. The van der Waals surface area contributed by atoms with Crippen molar-refractivity contribution in [3.05, 3.63) is 82.1 Å². The highest BCUT2D eigenvalue weighted by Gasteiger charge is 2.36. The summed E-state index contributed by atoms with van der Waals surface area (Å²) < 4.78 is 59.0. The number of aryl methyl sites for hydroxylation is 2. The average Bonchev–Trinajstić information content (AvgIpc) is 2.67. The Bertz CT molecular complexity index is 1130. The number of halogens is 4. The van der Waals surface area contributed by atoms with Gasteiger partial charge in [0.1, 0.15) is 5.56 Å². The summed E-state index contributed by atoms with van der Waals surface area (Å²) in [4.78, 5) is 20.2. The van der Waals surface area contributed by atoms with Gasteiger partial charge in [-0.15, -0.1) is 0 Å². The maximum absolute atomic E-state index is 13.4. The molecule has 0 spiro atoms. The van der Waals surface area contributed by atoms with E-state index < -0.39 is 23.6 Å². The van der Waals surface area contributed by atoms with Crippen molar-refractivity contribution in [1.82, 2.24) is 15.3 Å². The van der Waals surface area contributed by atoms with Crippen LogP contribution in [0.25, 0.3) is 0 Å². The van der Waals surface area contributed by atoms with Crippen LogP contribution in [0.2, 0.25) is 0 Å². The average molecular weight is 433 g/mol. The lowest BCUT2D eigenvalue weighted by molar-refractivity contribution is -0.138. The van der Waals surface area contributed by atoms with E-state index in [1.54, 1.807) is 6.07 Å². The second-order valence-corrected chi connectivity index (χ2v) is 6.97. The van der Waals surface area contributed by atoms with Gasteiger partial charge in [0, 0.05) is 12.7 Å². The van der Waals surface area contributed by atoms with E-state index in [9.17, 15) is 22.4 Å². The summed E-state index contributed by atoms with van der Waals surface area (Å²) in [5.74, 6) is -1.78. The highest BCUT2D eigenvalue weighted by atomic mass is 19.4. The summed E-state index contributed by atoms with van der Waals surface area (Å²) in [7, 11) is 0. The van der Waals surface area contributed by atoms with Crippen LogP contribution in [0.1, 0.15) is 38.3 Å². The molecule has 0 bridgehead atoms. The standard InChI is InChI=1S/C22H19F4N3O2/c1-12-5-4-6-15(9-12)10-27-20(30)19-13(2)16(22(24,25)26)11-28-21(19)31-17-7-8-18(23)29-14(17)3/h4-9,11H,10H2,1-3H3,(H,27,30). The summed E-state index contributed by atoms with van der Waals surface area (Å²) >= 11 is 0. The van der Waals surface area contributed by atoms with E-state index in [1.165, 1.54) is 19.9 Å². The fraction of sp³-hybridized carbons (Fsp3) is 0.227. The normalized spacial score (nSPS) is 11.3. The van der Waals surface area contributed by atoms with Gasteiger partial charge in [-0.25, -0.2) is 9.97 Å². The Hall–Kier alpha value is -3.49. The molecule has 2 heterocycles. The molecule has 0 aliphatic carbocycles. The van der Waals surface area contributed by atoms with Gasteiger partial charge in [0.15, 0.2) is 5.75 Å². The third-order valence-corrected chi connectivity index (χ3v) is 4.58. The van der Waals surface area contributed by atoms with Crippen LogP contribution in [-0.4, -0.2) is 15.9 Å². The number of aromatic nitrogens is 2. The quantitative estimate of drug-likeness (QED) is 0.439. The van der Waals surface area contributed by atoms with Crippen LogP contribution in [0, 0.1) is 26.7 Å². The van der Waals surface area contributed by atoms with E-state index in [0.717, 1.165) is 17.2 Å². The maximum atomic E-state index is 13.4. The van der Waals surface area contributed by atoms with E-state index in [0.29, 0.717) is 6.20 Å². The fourth-order valence-corrected chi connectivity index (χ4v) is 3.03. The van der Waals surface area contributed by atoms with Gasteiger partial charge in [0.05, 0.1) is 11.3 Å². The SMILES string of the molecule is Cc1cccc(CNC(=O)c2c(Oc3ccc(F)nc3C)ncc(C(F)(F)F)c2C)c1. The minimum Gasteiger partial charge on any atom is -0.436 e. The second kappa shape index (κ2) is 8.71. The summed E-state index contributed by atoms with van der Waals surface area (Å²) in [6.45, 7) is 4.63. The number of hydrogen-bond acceptors (Lipinski definition) is 4. The Morgan fingerprint density at radius 1 is 1.13 bits per heavy atom. The number of nitrogens with one attached hydrogen (secondary N) is 1. The van der Waals surface area contributed by atoms with Crippen LogP contribution in [0.3, 0.4) is 0 Å². The van der Waals surface area contributed by atoms with Crippen molar-refractivity contribution < 1.29 is 27.1 Å². The number of nitrogens with zero attached hydrogens (tertiary/aromatic N) is 2. The van der Waals surface area contributed by atoms with Crippen LogP contribution in [0.15, 0.2) is 42.6 Å². The van der Waals surface area contributed by atoms with Crippen molar-refractivity contribution in [3.8, 4) is 11.6 Å². The lowest BCUT2D eigenvalue weighted by Crippen LogP contribution is -2.26. The first-order chi connectivity index (χ1) is 14.6. The first-order valence-electron chi connectivity index (χ1n) is 9.28. The number of benzene rings is 1. The van der Waals surface area contributed by atoms with Crippen molar-refractivity contribution in [2.45, 2.75) is 33.5 Å². The van der Waals surface area contributed by atoms with Gasteiger partial charge < -0.3 is 10.1 Å². The number of ether oxygens (including phenoxy) is 1. The summed E-state index contributed by atoms with van der Waals surface area (Å²) in [6.07, 6.45) is -4.09. The molecule has 0 aliphatic rings. The zero-order valence-electron chi connectivity index (χ0n) is 17.0. The van der Waals surface area contributed by atoms with E-state index in [1.807, 2.05) is 25.1 Å². The first kappa shape index (κ1) is 22.2. The van der Waals surface area contributed by atoms with Crippen molar-refractivity contribution in [1.29, 1.82) is 0 Å². The molecule has 1 amide bonds. The molecule has 0 atom stereocenters. The molecule has 0 saturated heterocycles. The van der Waals surface area contributed by atoms with Crippen LogP contribution < -0.4 is 10.1 Å². The Morgan fingerprint density at radius 3 is 2.52 bits per heavy atom. The molecule has 0 aliphatic heterocycles. The molecule has 3 rings (SSSR count). The van der Waals surface area contributed by atoms with E-state index >= 15 is 0 Å². The number of alkyl halides is 3. The van der Waals surface area contributed by atoms with Gasteiger partial charge in [-0.1, -0.05) is 29.8 Å². The predicted octanol–water partition coefficient (Wildman–Crippen LogP) is 5.28. The fourth-order valence-electron chi connectivity index (χ4n) is 3.03. The Morgan fingerprint density at radius 2 is 1.87 bits per heavy atom. The van der Waals surface area contributed by atoms with Crippen molar-refractivity contribution in [2.75, 3.05) is 0 Å². The van der Waals surface area contributed by atoms with Gasteiger partial charge in [-0.05, 0) is 44.0 Å². The lowest BCUT2D eigenvalue weighted by atomic mass is 10.0. The molecule has 162 valence electrons.